The van der Waals surface area contributed by atoms with Gasteiger partial charge in [0.15, 0.2) is 5.78 Å². The van der Waals surface area contributed by atoms with Crippen molar-refractivity contribution in [3.63, 3.8) is 0 Å². The van der Waals surface area contributed by atoms with E-state index in [2.05, 4.69) is 0 Å². The summed E-state index contributed by atoms with van der Waals surface area (Å²) in [5.41, 5.74) is 5.06. The van der Waals surface area contributed by atoms with Crippen molar-refractivity contribution in [1.29, 1.82) is 0 Å². The van der Waals surface area contributed by atoms with Crippen molar-refractivity contribution in [2.75, 3.05) is 6.61 Å². The summed E-state index contributed by atoms with van der Waals surface area (Å²) in [5.74, 6) is -1.82. The van der Waals surface area contributed by atoms with E-state index in [1.807, 2.05) is 0 Å². The van der Waals surface area contributed by atoms with Crippen LogP contribution in [0.3, 0.4) is 0 Å². The molecule has 5 nitrogen and oxygen atoms in total. The molecule has 0 rings (SSSR count). The van der Waals surface area contributed by atoms with E-state index in [1.54, 1.807) is 0 Å². The van der Waals surface area contributed by atoms with Crippen LogP contribution in [0.4, 0.5) is 0 Å². The zero-order valence-electron chi connectivity index (χ0n) is 5.73. The van der Waals surface area contributed by atoms with E-state index in [0.717, 1.165) is 6.08 Å². The molecule has 0 saturated heterocycles. The molecule has 0 unspecified atom stereocenters. The molecule has 5 heteroatoms. The molecule has 0 fully saturated rings. The van der Waals surface area contributed by atoms with Gasteiger partial charge in [0.25, 0.3) is 0 Å². The van der Waals surface area contributed by atoms with E-state index in [-0.39, 0.29) is 0 Å². The minimum Gasteiger partial charge on any atom is -0.478 e. The Hall–Kier alpha value is -1.20. The van der Waals surface area contributed by atoms with Gasteiger partial charge in [0, 0.05) is 6.08 Å². The van der Waals surface area contributed by atoms with Gasteiger partial charge >= 0.3 is 5.97 Å². The Bertz CT molecular complexity index is 187. The van der Waals surface area contributed by atoms with Crippen LogP contribution in [0.25, 0.3) is 0 Å². The topological polar surface area (TPSA) is 101 Å². The van der Waals surface area contributed by atoms with Crippen LogP contribution >= 0.6 is 0 Å². The minimum atomic E-state index is -1.22. The Morgan fingerprint density at radius 3 is 2.36 bits per heavy atom. The van der Waals surface area contributed by atoms with Crippen LogP contribution in [0.15, 0.2) is 12.2 Å². The van der Waals surface area contributed by atoms with Gasteiger partial charge in [-0.2, -0.15) is 0 Å². The zero-order chi connectivity index (χ0) is 8.85. The maximum atomic E-state index is 10.6. The number of hydrogen-bond donors (Lipinski definition) is 3. The Morgan fingerprint density at radius 2 is 2.00 bits per heavy atom. The van der Waals surface area contributed by atoms with Crippen molar-refractivity contribution in [3.8, 4) is 0 Å². The summed E-state index contributed by atoms with van der Waals surface area (Å²) in [6.45, 7) is -0.483. The van der Waals surface area contributed by atoms with Gasteiger partial charge in [-0.1, -0.05) is 0 Å². The first-order valence-corrected chi connectivity index (χ1v) is 2.89. The van der Waals surface area contributed by atoms with E-state index in [0.29, 0.717) is 6.08 Å². The van der Waals surface area contributed by atoms with Gasteiger partial charge in [-0.15, -0.1) is 0 Å². The highest BCUT2D eigenvalue weighted by Gasteiger charge is 2.07. The SMILES string of the molecule is N[C@@H](CO)C(=O)C=CC(=O)O. The van der Waals surface area contributed by atoms with Gasteiger partial charge in [-0.25, -0.2) is 4.79 Å². The number of carbonyl (C=O) groups is 2. The zero-order valence-corrected chi connectivity index (χ0v) is 5.73. The lowest BCUT2D eigenvalue weighted by Gasteiger charge is -2.00. The first-order valence-electron chi connectivity index (χ1n) is 2.89. The number of carboxylic acids is 1. The molecular weight excluding hydrogens is 150 g/mol. The second-order valence-corrected chi connectivity index (χ2v) is 1.86. The Labute approximate surface area is 63.1 Å². The van der Waals surface area contributed by atoms with Crippen LogP contribution in [0.2, 0.25) is 0 Å². The second-order valence-electron chi connectivity index (χ2n) is 1.86. The van der Waals surface area contributed by atoms with Crippen LogP contribution in [0.5, 0.6) is 0 Å². The minimum absolute atomic E-state index is 0.483. The molecule has 0 bridgehead atoms. The molecule has 1 atom stereocenters. The summed E-state index contributed by atoms with van der Waals surface area (Å²) in [4.78, 5) is 20.5. The van der Waals surface area contributed by atoms with Gasteiger partial charge in [0.1, 0.15) is 0 Å². The Balaban J connectivity index is 3.96. The van der Waals surface area contributed by atoms with Crippen molar-refractivity contribution in [1.82, 2.24) is 0 Å². The van der Waals surface area contributed by atoms with Gasteiger partial charge in [0.2, 0.25) is 0 Å². The summed E-state index contributed by atoms with van der Waals surface area (Å²) >= 11 is 0. The van der Waals surface area contributed by atoms with E-state index in [4.69, 9.17) is 15.9 Å². The lowest BCUT2D eigenvalue weighted by Crippen LogP contribution is -2.32. The average Bonchev–Trinajstić information content (AvgIpc) is 1.98. The fraction of sp³-hybridized carbons (Fsp3) is 0.333. The predicted octanol–water partition coefficient (Wildman–Crippen LogP) is -1.48. The molecule has 0 aromatic carbocycles. The van der Waals surface area contributed by atoms with Crippen molar-refractivity contribution in [2.24, 2.45) is 5.73 Å². The van der Waals surface area contributed by atoms with Crippen LogP contribution in [0, 0.1) is 0 Å². The highest BCUT2D eigenvalue weighted by molar-refractivity contribution is 5.98. The molecule has 0 aliphatic heterocycles. The second kappa shape index (κ2) is 4.59. The summed E-state index contributed by atoms with van der Waals surface area (Å²) in [6, 6.07) is -1.02. The fourth-order valence-corrected chi connectivity index (χ4v) is 0.367. The molecule has 62 valence electrons. The third kappa shape index (κ3) is 4.24. The Morgan fingerprint density at radius 1 is 1.45 bits per heavy atom. The molecule has 11 heavy (non-hydrogen) atoms. The van der Waals surface area contributed by atoms with Gasteiger partial charge in [0.05, 0.1) is 12.6 Å². The third-order valence-corrected chi connectivity index (χ3v) is 0.952. The molecule has 0 heterocycles. The molecule has 0 spiro atoms. The van der Waals surface area contributed by atoms with Crippen LogP contribution < -0.4 is 5.73 Å². The number of aliphatic carboxylic acids is 1. The van der Waals surface area contributed by atoms with Crippen molar-refractivity contribution in [2.45, 2.75) is 6.04 Å². The van der Waals surface area contributed by atoms with Crippen LogP contribution in [-0.4, -0.2) is 34.6 Å². The Kier molecular flexibility index (Phi) is 4.09. The summed E-state index contributed by atoms with van der Waals surface area (Å²) < 4.78 is 0. The van der Waals surface area contributed by atoms with Crippen molar-refractivity contribution >= 4 is 11.8 Å². The molecule has 0 aliphatic rings. The number of aliphatic hydroxyl groups is 1. The predicted molar refractivity (Wildman–Crippen MR) is 36.8 cm³/mol. The van der Waals surface area contributed by atoms with Gasteiger partial charge in [-0.05, 0) is 6.08 Å². The molecule has 0 amide bonds. The summed E-state index contributed by atoms with van der Waals surface area (Å²) in [5, 5.41) is 16.4. The molecular formula is C6H9NO4. The number of nitrogens with two attached hydrogens (primary N) is 1. The highest BCUT2D eigenvalue weighted by atomic mass is 16.4. The molecule has 0 aliphatic carbocycles. The smallest absolute Gasteiger partial charge is 0.328 e. The van der Waals surface area contributed by atoms with E-state index in [9.17, 15) is 9.59 Å². The van der Waals surface area contributed by atoms with Crippen LogP contribution in [-0.2, 0) is 9.59 Å². The standard InChI is InChI=1S/C6H9NO4/c7-4(3-8)5(9)1-2-6(10)11/h1-2,4,8H,3,7H2,(H,10,11)/t4-/m0/s1. The molecule has 0 radical (unpaired) electrons. The summed E-state index contributed by atoms with van der Waals surface area (Å²) in [7, 11) is 0. The lowest BCUT2D eigenvalue weighted by atomic mass is 10.2. The number of hydrogen-bond acceptors (Lipinski definition) is 4. The number of ketones is 1. The average molecular weight is 159 g/mol. The first-order chi connectivity index (χ1) is 5.07. The van der Waals surface area contributed by atoms with Crippen LogP contribution in [0.1, 0.15) is 0 Å². The maximum Gasteiger partial charge on any atom is 0.328 e. The lowest BCUT2D eigenvalue weighted by molar-refractivity contribution is -0.131. The number of rotatable bonds is 4. The van der Waals surface area contributed by atoms with Gasteiger partial charge < -0.3 is 15.9 Å². The monoisotopic (exact) mass is 159 g/mol. The molecule has 4 N–H and O–H groups in total. The molecule has 0 aromatic heterocycles. The quantitative estimate of drug-likeness (QED) is 0.434. The van der Waals surface area contributed by atoms with E-state index < -0.39 is 24.4 Å². The normalized spacial score (nSPS) is 13.3. The number of aliphatic hydroxyl groups excluding tert-OH is 1. The molecule has 0 saturated carbocycles. The number of carbonyl (C=O) groups excluding carboxylic acids is 1. The van der Waals surface area contributed by atoms with E-state index in [1.165, 1.54) is 0 Å². The number of carboxylic acid groups (broad SMARTS) is 1. The first kappa shape index (κ1) is 9.80. The van der Waals surface area contributed by atoms with Crippen molar-refractivity contribution in [3.05, 3.63) is 12.2 Å². The highest BCUT2D eigenvalue weighted by Crippen LogP contribution is 1.83. The summed E-state index contributed by atoms with van der Waals surface area (Å²) in [6.07, 6.45) is 1.50. The van der Waals surface area contributed by atoms with Gasteiger partial charge in [-0.3, -0.25) is 4.79 Å². The largest absolute Gasteiger partial charge is 0.478 e. The third-order valence-electron chi connectivity index (χ3n) is 0.952. The maximum absolute atomic E-state index is 10.6. The fourth-order valence-electron chi connectivity index (χ4n) is 0.367. The molecule has 0 aromatic rings. The van der Waals surface area contributed by atoms with E-state index >= 15 is 0 Å². The van der Waals surface area contributed by atoms with Crippen molar-refractivity contribution < 1.29 is 19.8 Å².